The molecule has 0 saturated heterocycles. The molecule has 0 aliphatic rings. The second-order valence-corrected chi connectivity index (χ2v) is 8.05. The van der Waals surface area contributed by atoms with Crippen LogP contribution in [0.25, 0.3) is 25.7 Å². The van der Waals surface area contributed by atoms with Gasteiger partial charge in [-0.1, -0.05) is 59.6 Å². The van der Waals surface area contributed by atoms with Gasteiger partial charge in [-0.05, 0) is 35.0 Å². The highest BCUT2D eigenvalue weighted by atomic mass is 35.5. The lowest BCUT2D eigenvalue weighted by atomic mass is 10.1. The molecule has 0 atom stereocenters. The van der Waals surface area contributed by atoms with Crippen LogP contribution >= 0.6 is 45.9 Å². The zero-order valence-electron chi connectivity index (χ0n) is 11.3. The van der Waals surface area contributed by atoms with Crippen molar-refractivity contribution in [3.05, 3.63) is 74.9 Å². The molecule has 4 aromatic rings. The highest BCUT2D eigenvalue weighted by Gasteiger charge is 2.15. The van der Waals surface area contributed by atoms with E-state index < -0.39 is 0 Å². The Bertz CT molecular complexity index is 862. The Labute approximate surface area is 146 Å². The summed E-state index contributed by atoms with van der Waals surface area (Å²) in [6, 6.07) is 21.0. The zero-order valence-corrected chi connectivity index (χ0v) is 14.5. The van der Waals surface area contributed by atoms with E-state index in [-0.39, 0.29) is 0 Å². The van der Waals surface area contributed by atoms with Gasteiger partial charge in [-0.2, -0.15) is 0 Å². The van der Waals surface area contributed by atoms with E-state index in [1.54, 1.807) is 22.7 Å². The molecule has 22 heavy (non-hydrogen) atoms. The van der Waals surface area contributed by atoms with Crippen LogP contribution in [0.1, 0.15) is 9.75 Å². The smallest absolute Gasteiger partial charge is 0.116 e. The molecule has 0 aliphatic carbocycles. The number of hydrogen-bond donors (Lipinski definition) is 0. The largest absolute Gasteiger partial charge is 0.135 e. The van der Waals surface area contributed by atoms with Crippen molar-refractivity contribution in [3.8, 4) is 0 Å². The van der Waals surface area contributed by atoms with Crippen molar-refractivity contribution in [1.82, 2.24) is 0 Å². The first-order valence-corrected chi connectivity index (χ1v) is 9.14. The number of fused-ring (bicyclic) bond motifs is 2. The average Bonchev–Trinajstić information content (AvgIpc) is 3.09. The van der Waals surface area contributed by atoms with E-state index in [2.05, 4.69) is 36.4 Å². The van der Waals surface area contributed by atoms with Gasteiger partial charge in [-0.15, -0.1) is 22.7 Å². The molecule has 2 heterocycles. The minimum absolute atomic E-state index is 0.318. The van der Waals surface area contributed by atoms with Gasteiger partial charge in [-0.3, -0.25) is 0 Å². The van der Waals surface area contributed by atoms with Crippen molar-refractivity contribution in [3.63, 3.8) is 0 Å². The molecule has 0 amide bonds. The molecule has 0 bridgehead atoms. The lowest BCUT2D eigenvalue weighted by molar-refractivity contribution is 1.80. The fraction of sp³-hybridized carbons (Fsp3) is 0. The van der Waals surface area contributed by atoms with E-state index in [9.17, 15) is 0 Å². The summed E-state index contributed by atoms with van der Waals surface area (Å²) in [5, 5.41) is 2.44. The minimum atomic E-state index is 0.318. The molecule has 4 rings (SSSR count). The Kier molecular flexibility index (Phi) is 3.71. The topological polar surface area (TPSA) is 0 Å². The summed E-state index contributed by atoms with van der Waals surface area (Å²) in [5.74, 6) is 0. The third kappa shape index (κ3) is 2.46. The predicted molar refractivity (Wildman–Crippen MR) is 101 cm³/mol. The van der Waals surface area contributed by atoms with Gasteiger partial charge in [0.2, 0.25) is 0 Å². The van der Waals surface area contributed by atoms with Crippen LogP contribution in [-0.2, 0) is 0 Å². The molecule has 4 heteroatoms. The van der Waals surface area contributed by atoms with Crippen LogP contribution in [0.5, 0.6) is 0 Å². The Morgan fingerprint density at radius 2 is 1.14 bits per heavy atom. The first-order chi connectivity index (χ1) is 10.7. The number of hydrogen-bond acceptors (Lipinski definition) is 2. The Hall–Kier alpha value is -1.32. The number of benzene rings is 2. The molecule has 2 aromatic carbocycles. The lowest BCUT2D eigenvalue weighted by Gasteiger charge is -2.01. The molecule has 0 radical (unpaired) electrons. The van der Waals surface area contributed by atoms with Crippen LogP contribution < -0.4 is 0 Å². The number of halogens is 2. The van der Waals surface area contributed by atoms with E-state index in [0.717, 1.165) is 15.3 Å². The molecule has 0 saturated carbocycles. The molecule has 0 aliphatic heterocycles. The quantitative estimate of drug-likeness (QED) is 0.351. The molecule has 108 valence electrons. The molecule has 0 nitrogen and oxygen atoms in total. The third-order valence-electron chi connectivity index (χ3n) is 3.53. The molecular formula is C18H10Cl2S2. The highest BCUT2D eigenvalue weighted by Crippen LogP contribution is 2.41. The Morgan fingerprint density at radius 3 is 1.55 bits per heavy atom. The first-order valence-electron chi connectivity index (χ1n) is 6.75. The van der Waals surface area contributed by atoms with Gasteiger partial charge < -0.3 is 0 Å². The van der Waals surface area contributed by atoms with Crippen LogP contribution in [0.15, 0.2) is 65.2 Å². The summed E-state index contributed by atoms with van der Waals surface area (Å²) in [5.41, 5.74) is 0.922. The van der Waals surface area contributed by atoms with Crippen molar-refractivity contribution < 1.29 is 0 Å². The summed E-state index contributed by atoms with van der Waals surface area (Å²) in [6.07, 6.45) is 0. The summed E-state index contributed by atoms with van der Waals surface area (Å²) in [6.45, 7) is 0. The maximum Gasteiger partial charge on any atom is 0.116 e. The standard InChI is InChI=1S/C18H10Cl2S2/c19-18(20)17(15-9-11-5-1-3-7-13(11)21-15)16-10-12-6-2-4-8-14(12)22-16/h1-10H. The van der Waals surface area contributed by atoms with Gasteiger partial charge in [0.15, 0.2) is 0 Å². The van der Waals surface area contributed by atoms with Gasteiger partial charge >= 0.3 is 0 Å². The zero-order chi connectivity index (χ0) is 15.1. The van der Waals surface area contributed by atoms with Gasteiger partial charge in [0.25, 0.3) is 0 Å². The second kappa shape index (κ2) is 5.71. The summed E-state index contributed by atoms with van der Waals surface area (Å²) >= 11 is 15.9. The van der Waals surface area contributed by atoms with E-state index in [4.69, 9.17) is 23.2 Å². The van der Waals surface area contributed by atoms with Crippen LogP contribution in [0.4, 0.5) is 0 Å². The maximum atomic E-state index is 6.23. The van der Waals surface area contributed by atoms with Crippen molar-refractivity contribution in [2.24, 2.45) is 0 Å². The normalized spacial score (nSPS) is 11.2. The van der Waals surface area contributed by atoms with E-state index in [0.29, 0.717) is 4.49 Å². The van der Waals surface area contributed by atoms with Gasteiger partial charge in [0.1, 0.15) is 4.49 Å². The Morgan fingerprint density at radius 1 is 0.682 bits per heavy atom. The van der Waals surface area contributed by atoms with Crippen LogP contribution in [0, 0.1) is 0 Å². The summed E-state index contributed by atoms with van der Waals surface area (Å²) < 4.78 is 2.80. The van der Waals surface area contributed by atoms with Crippen molar-refractivity contribution in [2.45, 2.75) is 0 Å². The maximum absolute atomic E-state index is 6.23. The first kappa shape index (κ1) is 14.3. The van der Waals surface area contributed by atoms with E-state index in [1.165, 1.54) is 20.2 Å². The fourth-order valence-corrected chi connectivity index (χ4v) is 5.47. The highest BCUT2D eigenvalue weighted by molar-refractivity contribution is 7.22. The molecule has 0 N–H and O–H groups in total. The van der Waals surface area contributed by atoms with Crippen LogP contribution in [0.2, 0.25) is 0 Å². The molecule has 0 spiro atoms. The van der Waals surface area contributed by atoms with E-state index in [1.807, 2.05) is 24.3 Å². The number of thiophene rings is 2. The molecule has 0 fully saturated rings. The average molecular weight is 361 g/mol. The van der Waals surface area contributed by atoms with Gasteiger partial charge in [0, 0.05) is 24.7 Å². The lowest BCUT2D eigenvalue weighted by Crippen LogP contribution is -1.80. The van der Waals surface area contributed by atoms with Crippen LogP contribution in [0.3, 0.4) is 0 Å². The molecular weight excluding hydrogens is 351 g/mol. The van der Waals surface area contributed by atoms with Crippen molar-refractivity contribution in [2.75, 3.05) is 0 Å². The molecule has 0 unspecified atom stereocenters. The third-order valence-corrected chi connectivity index (χ3v) is 6.18. The second-order valence-electron chi connectivity index (χ2n) is 4.93. The monoisotopic (exact) mass is 360 g/mol. The SMILES string of the molecule is ClC(Cl)=C(c1cc2ccccc2s1)c1cc2ccccc2s1. The van der Waals surface area contributed by atoms with Crippen LogP contribution in [-0.4, -0.2) is 0 Å². The summed E-state index contributed by atoms with van der Waals surface area (Å²) in [7, 11) is 0. The predicted octanol–water partition coefficient (Wildman–Crippen LogP) is 7.31. The minimum Gasteiger partial charge on any atom is -0.135 e. The molecule has 2 aromatic heterocycles. The number of rotatable bonds is 2. The van der Waals surface area contributed by atoms with Gasteiger partial charge in [0.05, 0.1) is 0 Å². The van der Waals surface area contributed by atoms with E-state index >= 15 is 0 Å². The summed E-state index contributed by atoms with van der Waals surface area (Å²) in [4.78, 5) is 2.21. The Balaban J connectivity index is 1.92. The van der Waals surface area contributed by atoms with Gasteiger partial charge in [-0.25, -0.2) is 0 Å². The van der Waals surface area contributed by atoms with Crippen molar-refractivity contribution >= 4 is 71.6 Å². The van der Waals surface area contributed by atoms with Crippen molar-refractivity contribution in [1.29, 1.82) is 0 Å². The fourth-order valence-electron chi connectivity index (χ4n) is 2.52.